The second-order valence-corrected chi connectivity index (χ2v) is 8.35. The fourth-order valence-corrected chi connectivity index (χ4v) is 4.88. The molecule has 5 heterocycles. The fourth-order valence-electron chi connectivity index (χ4n) is 4.88. The number of benzene rings is 1. The number of aryl methyl sites for hydroxylation is 1. The molecule has 2 bridgehead atoms. The maximum absolute atomic E-state index is 4.50. The number of nitrogens with zero attached hydrogens (tertiary/aromatic N) is 6. The first-order valence-electron chi connectivity index (χ1n) is 10.4. The summed E-state index contributed by atoms with van der Waals surface area (Å²) >= 11 is 0. The maximum Gasteiger partial charge on any atom is 0.148 e. The zero-order valence-electron chi connectivity index (χ0n) is 16.7. The van der Waals surface area contributed by atoms with Crippen LogP contribution >= 0.6 is 0 Å². The second kappa shape index (κ2) is 6.88. The van der Waals surface area contributed by atoms with Gasteiger partial charge in [0.05, 0.1) is 23.6 Å². The molecule has 0 spiro atoms. The minimum Gasteiger partial charge on any atom is -0.366 e. The van der Waals surface area contributed by atoms with Crippen LogP contribution in [0.25, 0.3) is 33.4 Å². The quantitative estimate of drug-likeness (QED) is 0.482. The zero-order valence-corrected chi connectivity index (χ0v) is 16.7. The van der Waals surface area contributed by atoms with Crippen LogP contribution in [0.15, 0.2) is 36.7 Å². The number of hydrogen-bond acceptors (Lipinski definition) is 7. The normalized spacial score (nSPS) is 23.2. The molecule has 2 aliphatic heterocycles. The first kappa shape index (κ1) is 17.5. The van der Waals surface area contributed by atoms with Gasteiger partial charge >= 0.3 is 0 Å². The van der Waals surface area contributed by atoms with E-state index in [0.717, 1.165) is 52.1 Å². The monoisotopic (exact) mass is 401 g/mol. The predicted octanol–water partition coefficient (Wildman–Crippen LogP) is 2.51. The van der Waals surface area contributed by atoms with Crippen molar-refractivity contribution in [1.82, 2.24) is 40.7 Å². The molecule has 4 aromatic rings. The molecular weight excluding hydrogens is 378 g/mol. The van der Waals surface area contributed by atoms with Crippen molar-refractivity contribution in [3.05, 3.63) is 36.7 Å². The van der Waals surface area contributed by atoms with Gasteiger partial charge in [-0.15, -0.1) is 15.3 Å². The van der Waals surface area contributed by atoms with Crippen molar-refractivity contribution >= 4 is 16.7 Å². The van der Waals surface area contributed by atoms with E-state index in [1.54, 1.807) is 4.68 Å². The molecule has 152 valence electrons. The summed E-state index contributed by atoms with van der Waals surface area (Å²) in [6.07, 6.45) is 8.60. The van der Waals surface area contributed by atoms with Crippen LogP contribution < -0.4 is 10.6 Å². The molecular formula is C21H23N9. The Morgan fingerprint density at radius 3 is 2.53 bits per heavy atom. The van der Waals surface area contributed by atoms with E-state index in [0.29, 0.717) is 18.1 Å². The minimum absolute atomic E-state index is 0.467. The third kappa shape index (κ3) is 3.02. The van der Waals surface area contributed by atoms with E-state index < -0.39 is 0 Å². The van der Waals surface area contributed by atoms with Gasteiger partial charge in [-0.1, -0.05) is 11.3 Å². The van der Waals surface area contributed by atoms with E-state index in [1.807, 2.05) is 43.7 Å². The highest BCUT2D eigenvalue weighted by Crippen LogP contribution is 2.33. The zero-order chi connectivity index (χ0) is 20.1. The summed E-state index contributed by atoms with van der Waals surface area (Å²) in [6.45, 7) is 0. The Balaban J connectivity index is 1.27. The molecule has 9 heteroatoms. The number of hydrogen-bond donors (Lipinski definition) is 3. The number of aromatic nitrogens is 7. The van der Waals surface area contributed by atoms with E-state index in [4.69, 9.17) is 0 Å². The average Bonchev–Trinajstić information content (AvgIpc) is 3.48. The summed E-state index contributed by atoms with van der Waals surface area (Å²) in [5.74, 6) is 0.835. The number of H-pyrrole nitrogens is 1. The Kier molecular flexibility index (Phi) is 4.02. The summed E-state index contributed by atoms with van der Waals surface area (Å²) in [4.78, 5) is 0. The van der Waals surface area contributed by atoms with Gasteiger partial charge in [-0.3, -0.25) is 9.78 Å². The van der Waals surface area contributed by atoms with Crippen LogP contribution in [0.5, 0.6) is 0 Å². The van der Waals surface area contributed by atoms with Gasteiger partial charge in [0.25, 0.3) is 0 Å². The van der Waals surface area contributed by atoms with E-state index in [9.17, 15) is 0 Å². The third-order valence-electron chi connectivity index (χ3n) is 6.26. The van der Waals surface area contributed by atoms with Crippen molar-refractivity contribution in [2.75, 3.05) is 5.32 Å². The first-order chi connectivity index (χ1) is 14.7. The van der Waals surface area contributed by atoms with Gasteiger partial charge in [-0.05, 0) is 43.9 Å². The molecule has 0 saturated carbocycles. The van der Waals surface area contributed by atoms with Crippen LogP contribution in [0, 0.1) is 0 Å². The molecule has 6 rings (SSSR count). The van der Waals surface area contributed by atoms with Crippen LogP contribution in [0.3, 0.4) is 0 Å². The van der Waals surface area contributed by atoms with Crippen LogP contribution in [0.1, 0.15) is 25.7 Å². The van der Waals surface area contributed by atoms with Crippen molar-refractivity contribution in [2.45, 2.75) is 43.8 Å². The topological polar surface area (TPSA) is 109 Å². The lowest BCUT2D eigenvalue weighted by atomic mass is 10.00. The van der Waals surface area contributed by atoms with E-state index in [1.165, 1.54) is 12.8 Å². The predicted molar refractivity (Wildman–Crippen MR) is 114 cm³/mol. The van der Waals surface area contributed by atoms with Gasteiger partial charge in [0.2, 0.25) is 0 Å². The molecule has 3 N–H and O–H groups in total. The summed E-state index contributed by atoms with van der Waals surface area (Å²) in [5.41, 5.74) is 4.50. The Morgan fingerprint density at radius 2 is 1.80 bits per heavy atom. The van der Waals surface area contributed by atoms with Gasteiger partial charge in [0, 0.05) is 41.7 Å². The summed E-state index contributed by atoms with van der Waals surface area (Å²) < 4.78 is 1.69. The maximum atomic E-state index is 4.50. The Hall–Kier alpha value is -3.33. The molecule has 2 saturated heterocycles. The standard InChI is InChI=1S/C21H23N9/c1-30-11-19(26-29-30)15-4-5-16(21-17(15)10-22-28-21)18-6-7-20(27-25-18)24-14-8-12-2-3-13(9-14)23-12/h4-7,10-14,23H,2-3,8-9H2,1H3,(H,22,28)(H,24,27). The minimum atomic E-state index is 0.467. The molecule has 2 unspecified atom stereocenters. The molecule has 0 radical (unpaired) electrons. The van der Waals surface area contributed by atoms with Crippen LogP contribution in [0.4, 0.5) is 5.82 Å². The first-order valence-corrected chi connectivity index (χ1v) is 10.4. The molecule has 2 fully saturated rings. The van der Waals surface area contributed by atoms with Gasteiger partial charge in [-0.25, -0.2) is 0 Å². The van der Waals surface area contributed by atoms with Crippen LogP contribution in [-0.2, 0) is 7.05 Å². The van der Waals surface area contributed by atoms with Gasteiger partial charge in [0.1, 0.15) is 11.5 Å². The smallest absolute Gasteiger partial charge is 0.148 e. The van der Waals surface area contributed by atoms with Gasteiger partial charge in [0.15, 0.2) is 0 Å². The highest BCUT2D eigenvalue weighted by Gasteiger charge is 2.33. The lowest BCUT2D eigenvalue weighted by Gasteiger charge is -2.29. The fraction of sp³-hybridized carbons (Fsp3) is 0.381. The molecule has 2 aliphatic rings. The van der Waals surface area contributed by atoms with Crippen molar-refractivity contribution < 1.29 is 0 Å². The largest absolute Gasteiger partial charge is 0.366 e. The molecule has 9 nitrogen and oxygen atoms in total. The Morgan fingerprint density at radius 1 is 0.967 bits per heavy atom. The van der Waals surface area contributed by atoms with Gasteiger partial charge < -0.3 is 10.6 Å². The van der Waals surface area contributed by atoms with Crippen molar-refractivity contribution in [1.29, 1.82) is 0 Å². The molecule has 1 aromatic carbocycles. The molecule has 0 amide bonds. The third-order valence-corrected chi connectivity index (χ3v) is 6.26. The van der Waals surface area contributed by atoms with Crippen molar-refractivity contribution in [2.24, 2.45) is 7.05 Å². The SMILES string of the molecule is Cn1cc(-c2ccc(-c3ccc(NC4CC5CCC(C4)N5)nn3)c3[nH]ncc23)nn1. The van der Waals surface area contributed by atoms with Crippen LogP contribution in [-0.4, -0.2) is 53.5 Å². The lowest BCUT2D eigenvalue weighted by molar-refractivity contribution is 0.377. The highest BCUT2D eigenvalue weighted by molar-refractivity contribution is 6.01. The van der Waals surface area contributed by atoms with E-state index in [2.05, 4.69) is 41.3 Å². The molecule has 2 atom stereocenters. The number of nitrogens with one attached hydrogen (secondary N) is 3. The number of fused-ring (bicyclic) bond motifs is 3. The Labute approximate surface area is 173 Å². The molecule has 3 aromatic heterocycles. The van der Waals surface area contributed by atoms with Crippen molar-refractivity contribution in [3.63, 3.8) is 0 Å². The molecule has 30 heavy (non-hydrogen) atoms. The average molecular weight is 401 g/mol. The van der Waals surface area contributed by atoms with E-state index >= 15 is 0 Å². The number of piperidine rings is 1. The molecule has 0 aliphatic carbocycles. The number of rotatable bonds is 4. The van der Waals surface area contributed by atoms with Gasteiger partial charge in [-0.2, -0.15) is 5.10 Å². The number of anilines is 1. The highest BCUT2D eigenvalue weighted by atomic mass is 15.4. The second-order valence-electron chi connectivity index (χ2n) is 8.35. The van der Waals surface area contributed by atoms with Crippen LogP contribution in [0.2, 0.25) is 0 Å². The Bertz CT molecular complexity index is 1180. The van der Waals surface area contributed by atoms with Crippen molar-refractivity contribution in [3.8, 4) is 22.5 Å². The summed E-state index contributed by atoms with van der Waals surface area (Å²) in [7, 11) is 1.86. The summed E-state index contributed by atoms with van der Waals surface area (Å²) in [6, 6.07) is 9.87. The lowest BCUT2D eigenvalue weighted by Crippen LogP contribution is -2.43. The van der Waals surface area contributed by atoms with E-state index in [-0.39, 0.29) is 0 Å². The summed E-state index contributed by atoms with van der Waals surface area (Å²) in [5, 5.41) is 32.8. The number of aromatic amines is 1.